The van der Waals surface area contributed by atoms with E-state index < -0.39 is 5.60 Å². The number of ether oxygens (including phenoxy) is 2. The summed E-state index contributed by atoms with van der Waals surface area (Å²) in [4.78, 5) is 23.4. The van der Waals surface area contributed by atoms with Crippen LogP contribution in [0.15, 0.2) is 23.5 Å². The molecule has 5 heteroatoms. The van der Waals surface area contributed by atoms with Crippen molar-refractivity contribution in [3.63, 3.8) is 0 Å². The van der Waals surface area contributed by atoms with Crippen LogP contribution >= 0.6 is 0 Å². The summed E-state index contributed by atoms with van der Waals surface area (Å²) < 4.78 is 10.7. The molecule has 1 saturated carbocycles. The summed E-state index contributed by atoms with van der Waals surface area (Å²) in [6, 6.07) is 0.241. The second kappa shape index (κ2) is 6.99. The number of hydrogen-bond acceptors (Lipinski definition) is 4. The molecule has 0 atom stereocenters. The Kier molecular flexibility index (Phi) is 5.27. The van der Waals surface area contributed by atoms with Crippen LogP contribution in [0.1, 0.15) is 52.9 Å². The van der Waals surface area contributed by atoms with Gasteiger partial charge >= 0.3 is 6.09 Å². The Morgan fingerprint density at radius 1 is 1.41 bits per heavy atom. The van der Waals surface area contributed by atoms with Gasteiger partial charge in [0.25, 0.3) is 0 Å². The minimum Gasteiger partial charge on any atom is -0.479 e. The maximum absolute atomic E-state index is 11.7. The molecule has 0 unspecified atom stereocenters. The maximum Gasteiger partial charge on any atom is 0.407 e. The Morgan fingerprint density at radius 3 is 2.68 bits per heavy atom. The summed E-state index contributed by atoms with van der Waals surface area (Å²) in [7, 11) is 0. The molecule has 0 bridgehead atoms. The molecule has 1 fully saturated rings. The van der Waals surface area contributed by atoms with Crippen LogP contribution < -0.4 is 5.32 Å². The SMILES string of the molecule is C/C(=C\COC(=O)NC1CCCCC1)C1=CC(=O)C(C)(C)O1. The van der Waals surface area contributed by atoms with Crippen molar-refractivity contribution < 1.29 is 19.1 Å². The molecule has 0 radical (unpaired) electrons. The second-order valence-electron chi connectivity index (χ2n) is 6.45. The fourth-order valence-electron chi connectivity index (χ4n) is 2.64. The predicted octanol–water partition coefficient (Wildman–Crippen LogP) is 3.25. The molecule has 122 valence electrons. The van der Waals surface area contributed by atoms with Gasteiger partial charge in [0.2, 0.25) is 5.78 Å². The zero-order valence-electron chi connectivity index (χ0n) is 13.6. The minimum absolute atomic E-state index is 0.0498. The van der Waals surface area contributed by atoms with Crippen molar-refractivity contribution in [3.05, 3.63) is 23.5 Å². The molecule has 1 aliphatic carbocycles. The molecule has 5 nitrogen and oxygen atoms in total. The fraction of sp³-hybridized carbons (Fsp3) is 0.647. The van der Waals surface area contributed by atoms with Gasteiger partial charge in [0, 0.05) is 12.1 Å². The molecule has 0 spiro atoms. The van der Waals surface area contributed by atoms with Gasteiger partial charge in [0.05, 0.1) is 0 Å². The Labute approximate surface area is 131 Å². The van der Waals surface area contributed by atoms with Crippen molar-refractivity contribution in [2.45, 2.75) is 64.5 Å². The summed E-state index contributed by atoms with van der Waals surface area (Å²) in [5.41, 5.74) is -0.00620. The van der Waals surface area contributed by atoms with Crippen molar-refractivity contribution in [3.8, 4) is 0 Å². The maximum atomic E-state index is 11.7. The molecular formula is C17H25NO4. The Morgan fingerprint density at radius 2 is 2.09 bits per heavy atom. The molecule has 0 aromatic rings. The summed E-state index contributed by atoms with van der Waals surface area (Å²) in [5.74, 6) is 0.498. The van der Waals surface area contributed by atoms with E-state index in [0.29, 0.717) is 5.76 Å². The third-order valence-electron chi connectivity index (χ3n) is 4.14. The molecule has 0 saturated heterocycles. The number of carbonyl (C=O) groups is 2. The lowest BCUT2D eigenvalue weighted by Crippen LogP contribution is -2.36. The van der Waals surface area contributed by atoms with Gasteiger partial charge < -0.3 is 14.8 Å². The van der Waals surface area contributed by atoms with Gasteiger partial charge in [-0.05, 0) is 45.3 Å². The number of carbonyl (C=O) groups excluding carboxylic acids is 2. The molecular weight excluding hydrogens is 282 g/mol. The standard InChI is InChI=1S/C17H25NO4/c1-12(14-11-15(19)17(2,3)22-14)9-10-21-16(20)18-13-7-5-4-6-8-13/h9,11,13H,4-8,10H2,1-3H3,(H,18,20)/b12-9+. The largest absolute Gasteiger partial charge is 0.479 e. The van der Waals surface area contributed by atoms with Crippen molar-refractivity contribution in [2.75, 3.05) is 6.61 Å². The quantitative estimate of drug-likeness (QED) is 0.866. The topological polar surface area (TPSA) is 64.6 Å². The fourth-order valence-corrected chi connectivity index (χ4v) is 2.64. The van der Waals surface area contributed by atoms with Gasteiger partial charge in [0.1, 0.15) is 12.4 Å². The van der Waals surface area contributed by atoms with Crippen LogP contribution in [0, 0.1) is 0 Å². The summed E-state index contributed by atoms with van der Waals surface area (Å²) >= 11 is 0. The lowest BCUT2D eigenvalue weighted by Gasteiger charge is -2.22. The van der Waals surface area contributed by atoms with Crippen LogP contribution in [0.3, 0.4) is 0 Å². The molecule has 2 rings (SSSR count). The Balaban J connectivity index is 1.76. The van der Waals surface area contributed by atoms with E-state index in [1.54, 1.807) is 19.9 Å². The number of alkyl carbamates (subject to hydrolysis) is 1. The number of amides is 1. The number of ketones is 1. The average molecular weight is 307 g/mol. The summed E-state index contributed by atoms with van der Waals surface area (Å²) in [6.07, 6.45) is 8.50. The van der Waals surface area contributed by atoms with Gasteiger partial charge in [-0.3, -0.25) is 4.79 Å². The highest BCUT2D eigenvalue weighted by Crippen LogP contribution is 2.28. The smallest absolute Gasteiger partial charge is 0.407 e. The van der Waals surface area contributed by atoms with E-state index in [1.807, 2.05) is 6.92 Å². The van der Waals surface area contributed by atoms with Gasteiger partial charge in [-0.15, -0.1) is 0 Å². The van der Waals surface area contributed by atoms with E-state index in [1.165, 1.54) is 25.3 Å². The summed E-state index contributed by atoms with van der Waals surface area (Å²) in [5, 5.41) is 2.89. The van der Waals surface area contributed by atoms with E-state index >= 15 is 0 Å². The molecule has 1 N–H and O–H groups in total. The molecule has 2 aliphatic rings. The van der Waals surface area contributed by atoms with Crippen LogP contribution in [0.25, 0.3) is 0 Å². The first-order valence-electron chi connectivity index (χ1n) is 7.94. The van der Waals surface area contributed by atoms with E-state index in [2.05, 4.69) is 5.32 Å². The van der Waals surface area contributed by atoms with E-state index in [9.17, 15) is 9.59 Å². The van der Waals surface area contributed by atoms with Gasteiger partial charge in [-0.25, -0.2) is 4.79 Å². The molecule has 1 amide bonds. The van der Waals surface area contributed by atoms with E-state index in [0.717, 1.165) is 18.4 Å². The van der Waals surface area contributed by atoms with Gasteiger partial charge in [0.15, 0.2) is 5.60 Å². The van der Waals surface area contributed by atoms with Crippen LogP contribution in [-0.2, 0) is 14.3 Å². The minimum atomic E-state index is -0.802. The number of rotatable bonds is 4. The highest BCUT2D eigenvalue weighted by molar-refractivity contribution is 5.99. The number of allylic oxidation sites excluding steroid dienone is 1. The Bertz CT molecular complexity index is 499. The highest BCUT2D eigenvalue weighted by atomic mass is 16.5. The van der Waals surface area contributed by atoms with Gasteiger partial charge in [-0.2, -0.15) is 0 Å². The van der Waals surface area contributed by atoms with E-state index in [4.69, 9.17) is 9.47 Å². The second-order valence-corrected chi connectivity index (χ2v) is 6.45. The molecule has 0 aromatic heterocycles. The third-order valence-corrected chi connectivity index (χ3v) is 4.14. The molecule has 0 aromatic carbocycles. The van der Waals surface area contributed by atoms with Crippen LogP contribution in [0.4, 0.5) is 4.79 Å². The first kappa shape index (κ1) is 16.6. The monoisotopic (exact) mass is 307 g/mol. The van der Waals surface area contributed by atoms with Gasteiger partial charge in [-0.1, -0.05) is 19.3 Å². The van der Waals surface area contributed by atoms with Crippen molar-refractivity contribution in [2.24, 2.45) is 0 Å². The summed E-state index contributed by atoms with van der Waals surface area (Å²) in [6.45, 7) is 5.48. The van der Waals surface area contributed by atoms with Crippen molar-refractivity contribution in [1.82, 2.24) is 5.32 Å². The first-order valence-corrected chi connectivity index (χ1v) is 7.94. The molecule has 22 heavy (non-hydrogen) atoms. The zero-order chi connectivity index (χ0) is 16.2. The molecule has 1 heterocycles. The lowest BCUT2D eigenvalue weighted by molar-refractivity contribution is -0.126. The zero-order valence-corrected chi connectivity index (χ0v) is 13.6. The van der Waals surface area contributed by atoms with E-state index in [-0.39, 0.29) is 24.5 Å². The van der Waals surface area contributed by atoms with Crippen LogP contribution in [-0.4, -0.2) is 30.1 Å². The van der Waals surface area contributed by atoms with Crippen molar-refractivity contribution >= 4 is 11.9 Å². The lowest BCUT2D eigenvalue weighted by atomic mass is 9.96. The average Bonchev–Trinajstić information content (AvgIpc) is 2.74. The Hall–Kier alpha value is -1.78. The number of hydrogen-bond donors (Lipinski definition) is 1. The number of nitrogens with one attached hydrogen (secondary N) is 1. The van der Waals surface area contributed by atoms with Crippen molar-refractivity contribution in [1.29, 1.82) is 0 Å². The highest BCUT2D eigenvalue weighted by Gasteiger charge is 2.35. The third kappa shape index (κ3) is 4.36. The van der Waals surface area contributed by atoms with Crippen LogP contribution in [0.5, 0.6) is 0 Å². The predicted molar refractivity (Wildman–Crippen MR) is 83.4 cm³/mol. The normalized spacial score (nSPS) is 22.0. The van der Waals surface area contributed by atoms with Crippen LogP contribution in [0.2, 0.25) is 0 Å². The first-order chi connectivity index (χ1) is 10.4. The molecule has 1 aliphatic heterocycles.